The van der Waals surface area contributed by atoms with E-state index in [2.05, 4.69) is 16.4 Å². The lowest BCUT2D eigenvalue weighted by Crippen LogP contribution is -2.30. The molecule has 1 aromatic heterocycles. The molecule has 0 spiro atoms. The number of hydrogen-bond acceptors (Lipinski definition) is 4. The van der Waals surface area contributed by atoms with Gasteiger partial charge in [0.1, 0.15) is 11.6 Å². The molecule has 0 amide bonds. The Hall–Kier alpha value is -1.60. The second-order valence-electron chi connectivity index (χ2n) is 5.77. The number of aryl methyl sites for hydroxylation is 2. The van der Waals surface area contributed by atoms with Crippen LogP contribution in [-0.4, -0.2) is 24.7 Å². The SMILES string of the molecule is N#Cc1cc2c(nc1OCC1CCNCC1)CCCC2. The zero-order valence-electron chi connectivity index (χ0n) is 11.8. The first-order valence-corrected chi connectivity index (χ1v) is 7.63. The van der Waals surface area contributed by atoms with Gasteiger partial charge in [-0.15, -0.1) is 0 Å². The average molecular weight is 271 g/mol. The van der Waals surface area contributed by atoms with E-state index < -0.39 is 0 Å². The Balaban J connectivity index is 1.72. The van der Waals surface area contributed by atoms with Gasteiger partial charge in [0.15, 0.2) is 0 Å². The minimum atomic E-state index is 0.548. The van der Waals surface area contributed by atoms with E-state index in [-0.39, 0.29) is 0 Å². The highest BCUT2D eigenvalue weighted by Crippen LogP contribution is 2.26. The number of piperidine rings is 1. The van der Waals surface area contributed by atoms with Crippen molar-refractivity contribution in [1.29, 1.82) is 5.26 Å². The number of nitrogens with zero attached hydrogens (tertiary/aromatic N) is 2. The van der Waals surface area contributed by atoms with Gasteiger partial charge in [-0.05, 0) is 69.2 Å². The van der Waals surface area contributed by atoms with Gasteiger partial charge >= 0.3 is 0 Å². The Labute approximate surface area is 120 Å². The molecule has 3 rings (SSSR count). The van der Waals surface area contributed by atoms with Gasteiger partial charge in [-0.3, -0.25) is 0 Å². The van der Waals surface area contributed by atoms with Crippen LogP contribution in [0.4, 0.5) is 0 Å². The molecule has 4 nitrogen and oxygen atoms in total. The van der Waals surface area contributed by atoms with Gasteiger partial charge in [-0.2, -0.15) is 5.26 Å². The van der Waals surface area contributed by atoms with Gasteiger partial charge in [0, 0.05) is 5.69 Å². The first-order chi connectivity index (χ1) is 9.86. The molecule has 0 atom stereocenters. The Morgan fingerprint density at radius 3 is 2.90 bits per heavy atom. The summed E-state index contributed by atoms with van der Waals surface area (Å²) >= 11 is 0. The Bertz CT molecular complexity index is 515. The fourth-order valence-corrected chi connectivity index (χ4v) is 3.05. The third-order valence-electron chi connectivity index (χ3n) is 4.30. The van der Waals surface area contributed by atoms with Crippen LogP contribution in [-0.2, 0) is 12.8 Å². The summed E-state index contributed by atoms with van der Waals surface area (Å²) in [5.74, 6) is 1.13. The monoisotopic (exact) mass is 271 g/mol. The number of fused-ring (bicyclic) bond motifs is 1. The number of pyridine rings is 1. The van der Waals surface area contributed by atoms with E-state index in [1.54, 1.807) is 0 Å². The highest BCUT2D eigenvalue weighted by molar-refractivity contribution is 5.43. The van der Waals surface area contributed by atoms with Crippen LogP contribution in [0.3, 0.4) is 0 Å². The van der Waals surface area contributed by atoms with Crippen molar-refractivity contribution in [3.63, 3.8) is 0 Å². The van der Waals surface area contributed by atoms with Gasteiger partial charge in [0.2, 0.25) is 5.88 Å². The molecule has 1 aromatic rings. The molecular formula is C16H21N3O. The van der Waals surface area contributed by atoms with Gasteiger partial charge in [-0.25, -0.2) is 4.98 Å². The standard InChI is InChI=1S/C16H21N3O/c17-10-14-9-13-3-1-2-4-15(13)19-16(14)20-11-12-5-7-18-8-6-12/h9,12,18H,1-8,11H2. The molecule has 20 heavy (non-hydrogen) atoms. The summed E-state index contributed by atoms with van der Waals surface area (Å²) in [6.07, 6.45) is 6.75. The number of ether oxygens (including phenoxy) is 1. The first kappa shape index (κ1) is 13.4. The molecule has 0 radical (unpaired) electrons. The Morgan fingerprint density at radius 2 is 2.10 bits per heavy atom. The Morgan fingerprint density at radius 1 is 1.30 bits per heavy atom. The summed E-state index contributed by atoms with van der Waals surface area (Å²) in [7, 11) is 0. The first-order valence-electron chi connectivity index (χ1n) is 7.63. The summed E-state index contributed by atoms with van der Waals surface area (Å²) in [6.45, 7) is 2.82. The van der Waals surface area contributed by atoms with Crippen LogP contribution in [0.5, 0.6) is 5.88 Å². The number of nitrogens with one attached hydrogen (secondary N) is 1. The van der Waals surface area contributed by atoms with E-state index in [1.165, 1.54) is 18.4 Å². The van der Waals surface area contributed by atoms with Gasteiger partial charge < -0.3 is 10.1 Å². The van der Waals surface area contributed by atoms with Crippen molar-refractivity contribution in [3.8, 4) is 11.9 Å². The van der Waals surface area contributed by atoms with Gasteiger partial charge in [0.05, 0.1) is 6.61 Å². The van der Waals surface area contributed by atoms with Crippen molar-refractivity contribution >= 4 is 0 Å². The third-order valence-corrected chi connectivity index (χ3v) is 4.30. The molecule has 0 bridgehead atoms. The second kappa shape index (κ2) is 6.23. The molecule has 1 N–H and O–H groups in total. The third kappa shape index (κ3) is 2.94. The van der Waals surface area contributed by atoms with Crippen molar-refractivity contribution < 1.29 is 4.74 Å². The van der Waals surface area contributed by atoms with Gasteiger partial charge in [0.25, 0.3) is 0 Å². The molecule has 106 valence electrons. The summed E-state index contributed by atoms with van der Waals surface area (Å²) in [6, 6.07) is 4.22. The van der Waals surface area contributed by atoms with Crippen molar-refractivity contribution in [1.82, 2.24) is 10.3 Å². The van der Waals surface area contributed by atoms with Crippen LogP contribution >= 0.6 is 0 Å². The molecule has 2 aliphatic rings. The Kier molecular flexibility index (Phi) is 4.17. The second-order valence-corrected chi connectivity index (χ2v) is 5.77. The number of aromatic nitrogens is 1. The van der Waals surface area contributed by atoms with Crippen molar-refractivity contribution in [2.75, 3.05) is 19.7 Å². The van der Waals surface area contributed by atoms with E-state index >= 15 is 0 Å². The minimum Gasteiger partial charge on any atom is -0.476 e. The number of nitriles is 1. The number of hydrogen-bond donors (Lipinski definition) is 1. The summed E-state index contributed by atoms with van der Waals surface area (Å²) in [5, 5.41) is 12.6. The smallest absolute Gasteiger partial charge is 0.231 e. The van der Waals surface area contributed by atoms with Crippen LogP contribution in [0.15, 0.2) is 6.07 Å². The molecular weight excluding hydrogens is 250 g/mol. The lowest BCUT2D eigenvalue weighted by molar-refractivity contribution is 0.208. The molecule has 1 aliphatic carbocycles. The molecule has 0 aromatic carbocycles. The molecule has 0 unspecified atom stereocenters. The van der Waals surface area contributed by atoms with Crippen LogP contribution in [0.25, 0.3) is 0 Å². The van der Waals surface area contributed by atoms with E-state index in [4.69, 9.17) is 4.74 Å². The molecule has 4 heteroatoms. The van der Waals surface area contributed by atoms with Crippen molar-refractivity contribution in [2.24, 2.45) is 5.92 Å². The van der Waals surface area contributed by atoms with Crippen molar-refractivity contribution in [3.05, 3.63) is 22.9 Å². The largest absolute Gasteiger partial charge is 0.476 e. The topological polar surface area (TPSA) is 57.9 Å². The predicted octanol–water partition coefficient (Wildman–Crippen LogP) is 2.21. The van der Waals surface area contributed by atoms with Crippen LogP contribution in [0, 0.1) is 17.2 Å². The van der Waals surface area contributed by atoms with E-state index in [9.17, 15) is 5.26 Å². The highest BCUT2D eigenvalue weighted by Gasteiger charge is 2.18. The maximum Gasteiger partial charge on any atom is 0.231 e. The fraction of sp³-hybridized carbons (Fsp3) is 0.625. The van der Waals surface area contributed by atoms with E-state index in [0.717, 1.165) is 44.5 Å². The predicted molar refractivity (Wildman–Crippen MR) is 76.7 cm³/mol. The molecule has 0 saturated carbocycles. The summed E-state index contributed by atoms with van der Waals surface area (Å²) < 4.78 is 5.87. The lowest BCUT2D eigenvalue weighted by Gasteiger charge is -2.23. The normalized spacial score (nSPS) is 19.1. The van der Waals surface area contributed by atoms with Crippen LogP contribution in [0.1, 0.15) is 42.5 Å². The maximum absolute atomic E-state index is 9.28. The number of rotatable bonds is 3. The molecule has 1 fully saturated rings. The summed E-state index contributed by atoms with van der Waals surface area (Å²) in [4.78, 5) is 4.61. The van der Waals surface area contributed by atoms with Crippen LogP contribution < -0.4 is 10.1 Å². The fourth-order valence-electron chi connectivity index (χ4n) is 3.05. The highest BCUT2D eigenvalue weighted by atomic mass is 16.5. The van der Waals surface area contributed by atoms with Gasteiger partial charge in [-0.1, -0.05) is 0 Å². The zero-order chi connectivity index (χ0) is 13.8. The maximum atomic E-state index is 9.28. The van der Waals surface area contributed by atoms with E-state index in [0.29, 0.717) is 24.0 Å². The van der Waals surface area contributed by atoms with Crippen molar-refractivity contribution in [2.45, 2.75) is 38.5 Å². The quantitative estimate of drug-likeness (QED) is 0.915. The lowest BCUT2D eigenvalue weighted by atomic mass is 9.95. The van der Waals surface area contributed by atoms with E-state index in [1.807, 2.05) is 6.07 Å². The minimum absolute atomic E-state index is 0.548. The van der Waals surface area contributed by atoms with Crippen LogP contribution in [0.2, 0.25) is 0 Å². The summed E-state index contributed by atoms with van der Waals surface area (Å²) in [5.41, 5.74) is 2.97. The molecule has 1 aliphatic heterocycles. The molecule has 2 heterocycles. The molecule has 1 saturated heterocycles. The zero-order valence-corrected chi connectivity index (χ0v) is 11.8. The average Bonchev–Trinajstić information content (AvgIpc) is 2.53.